The highest BCUT2D eigenvalue weighted by Crippen LogP contribution is 2.25. The lowest BCUT2D eigenvalue weighted by atomic mass is 9.88. The molecule has 1 aromatic rings. The Kier molecular flexibility index (Phi) is 6.93. The van der Waals surface area contributed by atoms with Gasteiger partial charge in [0.2, 0.25) is 15.9 Å². The number of hydrogen-bond acceptors (Lipinski definition) is 3. The molecule has 1 atom stereocenters. The van der Waals surface area contributed by atoms with Crippen LogP contribution in [-0.2, 0) is 21.2 Å². The molecule has 0 bridgehead atoms. The van der Waals surface area contributed by atoms with E-state index in [0.29, 0.717) is 18.0 Å². The summed E-state index contributed by atoms with van der Waals surface area (Å²) in [7, 11) is -3.51. The summed E-state index contributed by atoms with van der Waals surface area (Å²) in [5.74, 6) is 0.222. The molecule has 2 fully saturated rings. The lowest BCUT2D eigenvalue weighted by Gasteiger charge is -2.33. The van der Waals surface area contributed by atoms with Gasteiger partial charge in [0.15, 0.2) is 0 Å². The van der Waals surface area contributed by atoms with Crippen molar-refractivity contribution in [2.45, 2.75) is 75.6 Å². The number of aryl methyl sites for hydroxylation is 1. The third kappa shape index (κ3) is 5.11. The lowest BCUT2D eigenvalue weighted by molar-refractivity contribution is -0.126. The van der Waals surface area contributed by atoms with E-state index in [9.17, 15) is 13.2 Å². The lowest BCUT2D eigenvalue weighted by Crippen LogP contribution is -2.50. The Morgan fingerprint density at radius 2 is 1.78 bits per heavy atom. The fourth-order valence-electron chi connectivity index (χ4n) is 4.23. The first kappa shape index (κ1) is 20.3. The molecule has 2 aliphatic rings. The van der Waals surface area contributed by atoms with Crippen molar-refractivity contribution >= 4 is 15.9 Å². The van der Waals surface area contributed by atoms with Gasteiger partial charge in [-0.1, -0.05) is 44.7 Å². The van der Waals surface area contributed by atoms with Crippen LogP contribution in [0, 0.1) is 5.92 Å². The topological polar surface area (TPSA) is 66.5 Å². The molecule has 0 radical (unpaired) electrons. The van der Waals surface area contributed by atoms with E-state index < -0.39 is 10.0 Å². The summed E-state index contributed by atoms with van der Waals surface area (Å²) in [6.07, 6.45) is 9.02. The van der Waals surface area contributed by atoms with Crippen molar-refractivity contribution in [1.82, 2.24) is 9.62 Å². The Hall–Kier alpha value is -1.40. The Morgan fingerprint density at radius 3 is 2.44 bits per heavy atom. The summed E-state index contributed by atoms with van der Waals surface area (Å²) in [6.45, 7) is 3.01. The number of nitrogens with zero attached hydrogens (tertiary/aromatic N) is 1. The summed E-state index contributed by atoms with van der Waals surface area (Å²) in [5.41, 5.74) is 1.16. The van der Waals surface area contributed by atoms with E-state index in [2.05, 4.69) is 12.2 Å². The maximum Gasteiger partial charge on any atom is 0.243 e. The summed E-state index contributed by atoms with van der Waals surface area (Å²) in [5, 5.41) is 3.12. The maximum atomic E-state index is 13.0. The molecule has 0 spiro atoms. The number of piperidine rings is 1. The van der Waals surface area contributed by atoms with E-state index in [0.717, 1.165) is 56.9 Å². The molecule has 1 amide bonds. The predicted octanol–water partition coefficient (Wildman–Crippen LogP) is 3.49. The second-order valence-corrected chi connectivity index (χ2v) is 9.88. The van der Waals surface area contributed by atoms with Crippen molar-refractivity contribution in [3.05, 3.63) is 29.8 Å². The molecular weight excluding hydrogens is 360 g/mol. The molecule has 3 rings (SSSR count). The quantitative estimate of drug-likeness (QED) is 0.806. The van der Waals surface area contributed by atoms with Crippen LogP contribution in [0.3, 0.4) is 0 Å². The van der Waals surface area contributed by atoms with Crippen LogP contribution < -0.4 is 5.32 Å². The first-order chi connectivity index (χ1) is 13.0. The molecule has 27 heavy (non-hydrogen) atoms. The van der Waals surface area contributed by atoms with Gasteiger partial charge < -0.3 is 5.32 Å². The van der Waals surface area contributed by atoms with Crippen LogP contribution in [0.15, 0.2) is 29.2 Å². The first-order valence-corrected chi connectivity index (χ1v) is 11.8. The van der Waals surface area contributed by atoms with Crippen molar-refractivity contribution in [3.63, 3.8) is 0 Å². The number of benzene rings is 1. The molecule has 6 heteroatoms. The molecule has 1 saturated carbocycles. The van der Waals surface area contributed by atoms with E-state index in [1.807, 2.05) is 12.1 Å². The van der Waals surface area contributed by atoms with Gasteiger partial charge in [-0.05, 0) is 49.8 Å². The second-order valence-electron chi connectivity index (χ2n) is 7.94. The molecule has 1 saturated heterocycles. The number of amides is 1. The maximum absolute atomic E-state index is 13.0. The van der Waals surface area contributed by atoms with Crippen molar-refractivity contribution in [2.24, 2.45) is 5.92 Å². The van der Waals surface area contributed by atoms with Crippen LogP contribution >= 0.6 is 0 Å². The molecule has 0 aromatic heterocycles. The van der Waals surface area contributed by atoms with Gasteiger partial charge in [-0.15, -0.1) is 0 Å². The number of nitrogens with one attached hydrogen (secondary N) is 1. The van der Waals surface area contributed by atoms with E-state index in [1.54, 1.807) is 12.1 Å². The molecule has 5 nitrogen and oxygen atoms in total. The highest BCUT2D eigenvalue weighted by Gasteiger charge is 2.32. The molecule has 1 N–H and O–H groups in total. The highest BCUT2D eigenvalue weighted by atomic mass is 32.2. The van der Waals surface area contributed by atoms with Gasteiger partial charge in [0, 0.05) is 25.0 Å². The zero-order valence-corrected chi connectivity index (χ0v) is 17.1. The normalized spacial score (nSPS) is 22.5. The molecular formula is C21H32N2O3S. The van der Waals surface area contributed by atoms with E-state index in [1.165, 1.54) is 10.7 Å². The fraction of sp³-hybridized carbons (Fsp3) is 0.667. The molecule has 1 unspecified atom stereocenters. The second kappa shape index (κ2) is 9.20. The SMILES string of the molecule is CCCc1ccc(S(=O)(=O)N2CCCC(NC(=O)C3CCCCC3)C2)cc1. The van der Waals surface area contributed by atoms with Crippen molar-refractivity contribution in [3.8, 4) is 0 Å². The number of carbonyl (C=O) groups excluding carboxylic acids is 1. The summed E-state index contributed by atoms with van der Waals surface area (Å²) < 4.78 is 27.5. The molecule has 1 aliphatic heterocycles. The highest BCUT2D eigenvalue weighted by molar-refractivity contribution is 7.89. The van der Waals surface area contributed by atoms with Crippen molar-refractivity contribution in [1.29, 1.82) is 0 Å². The minimum absolute atomic E-state index is 0.0812. The number of carbonyl (C=O) groups is 1. The number of hydrogen-bond donors (Lipinski definition) is 1. The monoisotopic (exact) mass is 392 g/mol. The standard InChI is InChI=1S/C21H32N2O3S/c1-2-7-17-11-13-20(14-12-17)27(25,26)23-15-6-10-19(16-23)22-21(24)18-8-4-3-5-9-18/h11-14,18-19H,2-10,15-16H2,1H3,(H,22,24). The smallest absolute Gasteiger partial charge is 0.243 e. The molecule has 1 heterocycles. The summed E-state index contributed by atoms with van der Waals surface area (Å²) in [6, 6.07) is 7.16. The van der Waals surface area contributed by atoms with Crippen molar-refractivity contribution < 1.29 is 13.2 Å². The van der Waals surface area contributed by atoms with Gasteiger partial charge in [0.1, 0.15) is 0 Å². The largest absolute Gasteiger partial charge is 0.352 e. The van der Waals surface area contributed by atoms with Crippen molar-refractivity contribution in [2.75, 3.05) is 13.1 Å². The third-order valence-electron chi connectivity index (χ3n) is 5.81. The average molecular weight is 393 g/mol. The first-order valence-electron chi connectivity index (χ1n) is 10.4. The van der Waals surface area contributed by atoms with Gasteiger partial charge in [0.25, 0.3) is 0 Å². The number of rotatable bonds is 6. The minimum atomic E-state index is -3.51. The Labute approximate surface area is 163 Å². The van der Waals surface area contributed by atoms with Gasteiger partial charge in [0.05, 0.1) is 4.90 Å². The van der Waals surface area contributed by atoms with Crippen LogP contribution in [0.4, 0.5) is 0 Å². The van der Waals surface area contributed by atoms with Gasteiger partial charge in [-0.2, -0.15) is 4.31 Å². The predicted molar refractivity (Wildman–Crippen MR) is 107 cm³/mol. The van der Waals surface area contributed by atoms with Crippen LogP contribution in [0.1, 0.15) is 63.9 Å². The molecule has 1 aliphatic carbocycles. The fourth-order valence-corrected chi connectivity index (χ4v) is 5.75. The van der Waals surface area contributed by atoms with E-state index >= 15 is 0 Å². The molecule has 150 valence electrons. The van der Waals surface area contributed by atoms with Crippen LogP contribution in [0.25, 0.3) is 0 Å². The third-order valence-corrected chi connectivity index (χ3v) is 7.69. The average Bonchev–Trinajstić information content (AvgIpc) is 2.69. The van der Waals surface area contributed by atoms with Gasteiger partial charge in [-0.25, -0.2) is 8.42 Å². The number of sulfonamides is 1. The van der Waals surface area contributed by atoms with Gasteiger partial charge in [-0.3, -0.25) is 4.79 Å². The Balaban J connectivity index is 1.63. The van der Waals surface area contributed by atoms with Crippen LogP contribution in [0.2, 0.25) is 0 Å². The van der Waals surface area contributed by atoms with Crippen LogP contribution in [0.5, 0.6) is 0 Å². The van der Waals surface area contributed by atoms with Crippen LogP contribution in [-0.4, -0.2) is 37.8 Å². The van der Waals surface area contributed by atoms with E-state index in [-0.39, 0.29) is 17.9 Å². The van der Waals surface area contributed by atoms with E-state index in [4.69, 9.17) is 0 Å². The zero-order valence-electron chi connectivity index (χ0n) is 16.3. The summed E-state index contributed by atoms with van der Waals surface area (Å²) >= 11 is 0. The zero-order chi connectivity index (χ0) is 19.3. The summed E-state index contributed by atoms with van der Waals surface area (Å²) in [4.78, 5) is 12.9. The minimum Gasteiger partial charge on any atom is -0.352 e. The van der Waals surface area contributed by atoms with Gasteiger partial charge >= 0.3 is 0 Å². The Morgan fingerprint density at radius 1 is 1.07 bits per heavy atom. The Bertz CT molecular complexity index is 724. The molecule has 1 aromatic carbocycles.